The third-order valence-corrected chi connectivity index (χ3v) is 9.30. The number of carbonyl (C=O) groups is 4. The maximum atomic E-state index is 14.2. The quantitative estimate of drug-likeness (QED) is 0.160. The Kier molecular flexibility index (Phi) is 6.83. The molecule has 4 aliphatic rings. The Morgan fingerprint density at radius 2 is 1.57 bits per heavy atom. The number of nitrogens with zero attached hydrogens (tertiary/aromatic N) is 4. The van der Waals surface area contributed by atoms with Gasteiger partial charge in [0.15, 0.2) is 17.3 Å². The van der Waals surface area contributed by atoms with Crippen LogP contribution in [0.25, 0.3) is 0 Å². The number of phenols is 1. The van der Waals surface area contributed by atoms with E-state index >= 15 is 0 Å². The van der Waals surface area contributed by atoms with E-state index in [0.717, 1.165) is 17.0 Å². The molecule has 3 aliphatic carbocycles. The molecule has 2 aromatic rings. The van der Waals surface area contributed by atoms with E-state index in [1.165, 1.54) is 37.2 Å². The highest BCUT2D eigenvalue weighted by molar-refractivity contribution is 9.12. The van der Waals surface area contributed by atoms with E-state index in [4.69, 9.17) is 0 Å². The van der Waals surface area contributed by atoms with Gasteiger partial charge in [-0.3, -0.25) is 39.4 Å². The molecule has 0 radical (unpaired) electrons. The highest BCUT2D eigenvalue weighted by Gasteiger charge is 2.57. The number of allylic oxidation sites excluding steroid dienone is 6. The number of imide groups is 1. The number of carbonyl (C=O) groups excluding carboxylic acids is 4. The minimum absolute atomic E-state index is 0.00244. The molecule has 0 bridgehead atoms. The van der Waals surface area contributed by atoms with Gasteiger partial charge in [0.05, 0.1) is 31.9 Å². The monoisotopic (exact) mass is 662 g/mol. The van der Waals surface area contributed by atoms with Crippen molar-refractivity contribution in [2.24, 2.45) is 17.8 Å². The predicted molar refractivity (Wildman–Crippen MR) is 159 cm³/mol. The Bertz CT molecular complexity index is 1790. The first-order valence-electron chi connectivity index (χ1n) is 13.5. The van der Waals surface area contributed by atoms with Crippen LogP contribution in [-0.2, 0) is 19.2 Å². The van der Waals surface area contributed by atoms with Crippen LogP contribution in [0.1, 0.15) is 24.3 Å². The second kappa shape index (κ2) is 10.3. The lowest BCUT2D eigenvalue weighted by molar-refractivity contribution is -0.392. The molecule has 0 unspecified atom stereocenters. The molecule has 2 aromatic carbocycles. The SMILES string of the molecule is CN(C)c1c([N+](=O)[O-])cc(N2C(=O)[C@H]3[C@H](CC=C4[C@H](c5ccc(O)cc5)C5=C(C[C@H]43)C(=O)C(Br)=CC5=O)C2=O)cc1[N+](=O)[O-]. The van der Waals surface area contributed by atoms with Crippen LogP contribution in [0, 0.1) is 38.0 Å². The van der Waals surface area contributed by atoms with Gasteiger partial charge in [-0.2, -0.15) is 0 Å². The second-order valence-corrected chi connectivity index (χ2v) is 12.1. The maximum Gasteiger partial charge on any atom is 0.301 e. The van der Waals surface area contributed by atoms with E-state index in [1.807, 2.05) is 0 Å². The first-order chi connectivity index (χ1) is 20.8. The van der Waals surface area contributed by atoms with Crippen LogP contribution in [0.3, 0.4) is 0 Å². The summed E-state index contributed by atoms with van der Waals surface area (Å²) in [6, 6.07) is 8.13. The molecule has 6 rings (SSSR count). The number of ketones is 2. The minimum Gasteiger partial charge on any atom is -0.508 e. The van der Waals surface area contributed by atoms with Crippen molar-refractivity contribution in [2.45, 2.75) is 18.8 Å². The number of Topliss-reactive ketones (excluding diaryl/α,β-unsaturated/α-hetero) is 1. The molecule has 1 heterocycles. The minimum atomic E-state index is -0.990. The van der Waals surface area contributed by atoms with Gasteiger partial charge < -0.3 is 10.0 Å². The van der Waals surface area contributed by atoms with Crippen LogP contribution in [0.15, 0.2) is 69.8 Å². The fraction of sp³-hybridized carbons (Fsp3) is 0.267. The van der Waals surface area contributed by atoms with Gasteiger partial charge in [-0.15, -0.1) is 0 Å². The van der Waals surface area contributed by atoms with E-state index in [-0.39, 0.29) is 51.4 Å². The second-order valence-electron chi connectivity index (χ2n) is 11.2. The Hall–Kier alpha value is -4.98. The largest absolute Gasteiger partial charge is 0.508 e. The first kappa shape index (κ1) is 29.1. The van der Waals surface area contributed by atoms with Crippen molar-refractivity contribution >= 4 is 62.1 Å². The molecule has 1 aliphatic heterocycles. The van der Waals surface area contributed by atoms with Crippen LogP contribution in [-0.4, -0.2) is 52.4 Å². The van der Waals surface area contributed by atoms with Crippen molar-refractivity contribution in [1.29, 1.82) is 0 Å². The van der Waals surface area contributed by atoms with Crippen LogP contribution in [0.5, 0.6) is 5.75 Å². The summed E-state index contributed by atoms with van der Waals surface area (Å²) in [7, 11) is 2.81. The van der Waals surface area contributed by atoms with Crippen LogP contribution in [0.4, 0.5) is 22.7 Å². The Morgan fingerprint density at radius 3 is 2.14 bits per heavy atom. The highest BCUT2D eigenvalue weighted by atomic mass is 79.9. The van der Waals surface area contributed by atoms with E-state index in [1.54, 1.807) is 18.2 Å². The molecule has 4 atom stereocenters. The number of anilines is 2. The van der Waals surface area contributed by atoms with Crippen molar-refractivity contribution in [3.05, 3.63) is 95.5 Å². The molecule has 1 N–H and O–H groups in total. The fourth-order valence-corrected chi connectivity index (χ4v) is 7.41. The zero-order valence-corrected chi connectivity index (χ0v) is 24.8. The number of rotatable bonds is 5. The molecule has 1 saturated heterocycles. The van der Waals surface area contributed by atoms with Gasteiger partial charge in [0.1, 0.15) is 5.75 Å². The number of amides is 2. The van der Waals surface area contributed by atoms with Gasteiger partial charge in [-0.1, -0.05) is 23.8 Å². The van der Waals surface area contributed by atoms with Crippen molar-refractivity contribution in [3.8, 4) is 5.75 Å². The Morgan fingerprint density at radius 1 is 0.955 bits per heavy atom. The standard InChI is InChI=1S/C30H23BrN4O9/c1-32(2)27-21(34(41)42)9-14(10-22(27)35(43)44)33-29(39)17-8-7-16-18(25(17)30(33)40)11-19-26(23(37)12-20(31)28(19)38)24(16)13-3-5-15(36)6-4-13/h3-7,9-10,12,17-18,24-25,36H,8,11H2,1-2H3/t17-,18+,24-,25-/m0/s1. The summed E-state index contributed by atoms with van der Waals surface area (Å²) in [5.41, 5.74) is -0.100. The molecule has 13 nitrogen and oxygen atoms in total. The van der Waals surface area contributed by atoms with Crippen LogP contribution >= 0.6 is 15.9 Å². The number of fused-ring (bicyclic) bond motifs is 3. The van der Waals surface area contributed by atoms with Gasteiger partial charge in [0, 0.05) is 49.4 Å². The number of hydrogen-bond acceptors (Lipinski definition) is 10. The molecule has 0 saturated carbocycles. The lowest BCUT2D eigenvalue weighted by atomic mass is 9.59. The average Bonchev–Trinajstić information content (AvgIpc) is 3.23. The maximum absolute atomic E-state index is 14.2. The number of benzene rings is 2. The molecule has 14 heteroatoms. The summed E-state index contributed by atoms with van der Waals surface area (Å²) in [5, 5.41) is 33.8. The molecular weight excluding hydrogens is 640 g/mol. The third-order valence-electron chi connectivity index (χ3n) is 8.71. The summed E-state index contributed by atoms with van der Waals surface area (Å²) in [5.74, 6) is -5.44. The van der Waals surface area contributed by atoms with E-state index in [2.05, 4.69) is 15.9 Å². The Balaban J connectivity index is 1.48. The normalized spacial score (nSPS) is 24.4. The zero-order valence-electron chi connectivity index (χ0n) is 23.2. The van der Waals surface area contributed by atoms with Gasteiger partial charge in [-0.25, -0.2) is 4.90 Å². The molecule has 2 amide bonds. The summed E-state index contributed by atoms with van der Waals surface area (Å²) in [6.07, 6.45) is 3.12. The highest BCUT2D eigenvalue weighted by Crippen LogP contribution is 2.56. The number of nitro benzene ring substituents is 2. The number of phenolic OH excluding ortho intramolecular Hbond substituents is 1. The lowest BCUT2D eigenvalue weighted by Crippen LogP contribution is -2.39. The summed E-state index contributed by atoms with van der Waals surface area (Å²) < 4.78 is 0.0709. The molecule has 0 aromatic heterocycles. The fourth-order valence-electron chi connectivity index (χ4n) is 6.96. The number of hydrogen-bond donors (Lipinski definition) is 1. The molecule has 44 heavy (non-hydrogen) atoms. The average molecular weight is 663 g/mol. The van der Waals surface area contributed by atoms with Crippen molar-refractivity contribution < 1.29 is 34.1 Å². The van der Waals surface area contributed by atoms with Gasteiger partial charge in [-0.05, 0) is 52.4 Å². The molecule has 224 valence electrons. The summed E-state index contributed by atoms with van der Waals surface area (Å²) >= 11 is 3.17. The van der Waals surface area contributed by atoms with Gasteiger partial charge in [0.2, 0.25) is 11.8 Å². The third kappa shape index (κ3) is 4.27. The molecular formula is C30H23BrN4O9. The first-order valence-corrected chi connectivity index (χ1v) is 14.3. The van der Waals surface area contributed by atoms with Crippen LogP contribution < -0.4 is 9.80 Å². The molecule has 1 fully saturated rings. The van der Waals surface area contributed by atoms with Crippen molar-refractivity contribution in [1.82, 2.24) is 0 Å². The van der Waals surface area contributed by atoms with Crippen molar-refractivity contribution in [3.63, 3.8) is 0 Å². The van der Waals surface area contributed by atoms with E-state index < -0.39 is 62.5 Å². The number of nitro groups is 2. The summed E-state index contributed by atoms with van der Waals surface area (Å²) in [4.78, 5) is 78.9. The van der Waals surface area contributed by atoms with E-state index in [9.17, 15) is 44.5 Å². The molecule has 0 spiro atoms. The van der Waals surface area contributed by atoms with Crippen LogP contribution in [0.2, 0.25) is 0 Å². The zero-order chi connectivity index (χ0) is 31.8. The van der Waals surface area contributed by atoms with Gasteiger partial charge in [0.25, 0.3) is 0 Å². The van der Waals surface area contributed by atoms with E-state index in [0.29, 0.717) is 11.1 Å². The Labute approximate surface area is 257 Å². The predicted octanol–water partition coefficient (Wildman–Crippen LogP) is 4.24. The van der Waals surface area contributed by atoms with Crippen molar-refractivity contribution in [2.75, 3.05) is 23.9 Å². The van der Waals surface area contributed by atoms with Gasteiger partial charge >= 0.3 is 11.4 Å². The topological polar surface area (TPSA) is 181 Å². The smallest absolute Gasteiger partial charge is 0.301 e. The summed E-state index contributed by atoms with van der Waals surface area (Å²) in [6.45, 7) is 0. The number of aromatic hydroxyl groups is 1. The lowest BCUT2D eigenvalue weighted by Gasteiger charge is -2.42. The number of halogens is 1.